The molecule has 0 aromatic carbocycles. The molecule has 7 heteroatoms. The Morgan fingerprint density at radius 1 is 1.17 bits per heavy atom. The van der Waals surface area contributed by atoms with Gasteiger partial charge in [-0.3, -0.25) is 0 Å². The van der Waals surface area contributed by atoms with E-state index in [9.17, 15) is 0 Å². The first-order valence-corrected chi connectivity index (χ1v) is 11.3. The molecule has 0 radical (unpaired) electrons. The van der Waals surface area contributed by atoms with E-state index in [0.717, 1.165) is 22.9 Å². The Morgan fingerprint density at radius 2 is 2.00 bits per heavy atom. The number of halogens is 1. The lowest BCUT2D eigenvalue weighted by atomic mass is 9.95. The van der Waals surface area contributed by atoms with Crippen LogP contribution in [0.15, 0.2) is 30.5 Å². The van der Waals surface area contributed by atoms with Crippen molar-refractivity contribution in [1.82, 2.24) is 9.97 Å². The summed E-state index contributed by atoms with van der Waals surface area (Å²) >= 11 is 6.47. The summed E-state index contributed by atoms with van der Waals surface area (Å²) in [5.74, 6) is 1.64. The number of hydrogen-bond acceptors (Lipinski definition) is 6. The van der Waals surface area contributed by atoms with Crippen molar-refractivity contribution in [3.8, 4) is 11.3 Å². The van der Waals surface area contributed by atoms with Gasteiger partial charge in [-0.15, -0.1) is 0 Å². The Hall–Kier alpha value is -1.89. The van der Waals surface area contributed by atoms with Crippen LogP contribution in [0.3, 0.4) is 0 Å². The molecule has 4 rings (SSSR count). The first-order valence-electron chi connectivity index (χ1n) is 10.9. The molecule has 1 aliphatic carbocycles. The van der Waals surface area contributed by atoms with Crippen molar-refractivity contribution < 1.29 is 9.47 Å². The predicted molar refractivity (Wildman–Crippen MR) is 121 cm³/mol. The van der Waals surface area contributed by atoms with Crippen molar-refractivity contribution in [3.63, 3.8) is 0 Å². The van der Waals surface area contributed by atoms with Crippen LogP contribution in [-0.2, 0) is 9.47 Å². The topological polar surface area (TPSA) is 68.3 Å². The summed E-state index contributed by atoms with van der Waals surface area (Å²) < 4.78 is 11.7. The zero-order valence-electron chi connectivity index (χ0n) is 17.8. The minimum Gasteiger partial charge on any atom is -0.376 e. The Morgan fingerprint density at radius 3 is 2.80 bits per heavy atom. The van der Waals surface area contributed by atoms with Gasteiger partial charge < -0.3 is 20.1 Å². The second-order valence-corrected chi connectivity index (χ2v) is 9.24. The third kappa shape index (κ3) is 5.62. The number of anilines is 2. The summed E-state index contributed by atoms with van der Waals surface area (Å²) in [6, 6.07) is 8.40. The minimum atomic E-state index is -0.258. The van der Waals surface area contributed by atoms with Crippen LogP contribution >= 0.6 is 11.6 Å². The van der Waals surface area contributed by atoms with Crippen LogP contribution in [0.25, 0.3) is 11.3 Å². The molecule has 2 aromatic heterocycles. The summed E-state index contributed by atoms with van der Waals surface area (Å²) in [5.41, 5.74) is 1.44. The number of aromatic nitrogens is 2. The summed E-state index contributed by atoms with van der Waals surface area (Å²) in [5, 5.41) is 7.53. The van der Waals surface area contributed by atoms with Crippen LogP contribution in [0.5, 0.6) is 0 Å². The van der Waals surface area contributed by atoms with E-state index in [-0.39, 0.29) is 11.7 Å². The molecule has 162 valence electrons. The molecule has 1 atom stereocenters. The van der Waals surface area contributed by atoms with Gasteiger partial charge in [-0.2, -0.15) is 0 Å². The van der Waals surface area contributed by atoms with Crippen LogP contribution in [0.4, 0.5) is 11.6 Å². The molecule has 2 aromatic rings. The molecule has 2 fully saturated rings. The van der Waals surface area contributed by atoms with Crippen LogP contribution in [0.2, 0.25) is 5.02 Å². The highest BCUT2D eigenvalue weighted by Gasteiger charge is 2.29. The average Bonchev–Trinajstić information content (AvgIpc) is 2.74. The standard InChI is InChI=1S/C23H31ClN4O2/c1-23(2)15-29-14-17(30-23)12-25-21-10-6-9-20(28-21)18-11-22(26-13-19(18)24)27-16-7-4-3-5-8-16/h6,9-11,13,16-17H,3-5,7-8,12,14-15H2,1-2H3,(H,25,28)(H,26,27). The molecule has 1 unspecified atom stereocenters. The van der Waals surface area contributed by atoms with Gasteiger partial charge in [0.1, 0.15) is 11.6 Å². The number of nitrogens with zero attached hydrogens (tertiary/aromatic N) is 2. The van der Waals surface area contributed by atoms with Gasteiger partial charge in [0.25, 0.3) is 0 Å². The molecule has 3 heterocycles. The molecule has 0 spiro atoms. The maximum absolute atomic E-state index is 6.47. The fourth-order valence-electron chi connectivity index (χ4n) is 4.13. The van der Waals surface area contributed by atoms with E-state index < -0.39 is 0 Å². The van der Waals surface area contributed by atoms with E-state index in [2.05, 4.69) is 15.6 Å². The number of ether oxygens (including phenoxy) is 2. The quantitative estimate of drug-likeness (QED) is 0.660. The second-order valence-electron chi connectivity index (χ2n) is 8.83. The van der Waals surface area contributed by atoms with Crippen molar-refractivity contribution >= 4 is 23.2 Å². The zero-order chi connectivity index (χ0) is 21.0. The SMILES string of the molecule is CC1(C)COCC(CNc2cccc(-c3cc(NC4CCCCC4)ncc3Cl)n2)O1. The monoisotopic (exact) mass is 430 g/mol. The molecule has 0 bridgehead atoms. The minimum absolute atomic E-state index is 0.00462. The third-order valence-corrected chi connectivity index (χ3v) is 5.89. The van der Waals surface area contributed by atoms with E-state index in [1.807, 2.05) is 38.1 Å². The number of rotatable bonds is 6. The molecular formula is C23H31ClN4O2. The molecule has 6 nitrogen and oxygen atoms in total. The van der Waals surface area contributed by atoms with E-state index >= 15 is 0 Å². The van der Waals surface area contributed by atoms with Crippen molar-refractivity contribution in [3.05, 3.63) is 35.5 Å². The van der Waals surface area contributed by atoms with Gasteiger partial charge >= 0.3 is 0 Å². The molecule has 30 heavy (non-hydrogen) atoms. The molecule has 1 aliphatic heterocycles. The van der Waals surface area contributed by atoms with Crippen LogP contribution in [0, 0.1) is 0 Å². The third-order valence-electron chi connectivity index (χ3n) is 5.59. The van der Waals surface area contributed by atoms with Crippen LogP contribution < -0.4 is 10.6 Å². The molecule has 1 saturated heterocycles. The molecule has 2 N–H and O–H groups in total. The molecule has 1 saturated carbocycles. The number of nitrogens with one attached hydrogen (secondary N) is 2. The Bertz CT molecular complexity index is 855. The largest absolute Gasteiger partial charge is 0.376 e. The van der Waals surface area contributed by atoms with Gasteiger partial charge in [-0.25, -0.2) is 9.97 Å². The summed E-state index contributed by atoms with van der Waals surface area (Å²) in [7, 11) is 0. The molecular weight excluding hydrogens is 400 g/mol. The normalized spacial score (nSPS) is 21.9. The zero-order valence-corrected chi connectivity index (χ0v) is 18.5. The molecule has 0 amide bonds. The van der Waals surface area contributed by atoms with E-state index in [1.54, 1.807) is 6.20 Å². The van der Waals surface area contributed by atoms with E-state index in [4.69, 9.17) is 26.1 Å². The Kier molecular flexibility index (Phi) is 6.76. The average molecular weight is 431 g/mol. The van der Waals surface area contributed by atoms with E-state index in [0.29, 0.717) is 30.8 Å². The van der Waals surface area contributed by atoms with Crippen LogP contribution in [-0.4, -0.2) is 47.5 Å². The van der Waals surface area contributed by atoms with Gasteiger partial charge in [-0.1, -0.05) is 36.9 Å². The summed E-state index contributed by atoms with van der Waals surface area (Å²) in [6.45, 7) is 5.93. The summed E-state index contributed by atoms with van der Waals surface area (Å²) in [6.07, 6.45) is 7.98. The fraction of sp³-hybridized carbons (Fsp3) is 0.565. The highest BCUT2D eigenvalue weighted by molar-refractivity contribution is 6.33. The lowest BCUT2D eigenvalue weighted by molar-refractivity contribution is -0.177. The number of pyridine rings is 2. The maximum Gasteiger partial charge on any atom is 0.126 e. The maximum atomic E-state index is 6.47. The Balaban J connectivity index is 1.44. The molecule has 2 aliphatic rings. The fourth-order valence-corrected chi connectivity index (χ4v) is 4.33. The first kappa shape index (κ1) is 21.3. The first-order chi connectivity index (χ1) is 14.5. The van der Waals surface area contributed by atoms with Crippen molar-refractivity contribution in [2.45, 2.75) is 63.7 Å². The van der Waals surface area contributed by atoms with Gasteiger partial charge in [0, 0.05) is 24.3 Å². The second kappa shape index (κ2) is 9.50. The van der Waals surface area contributed by atoms with Gasteiger partial charge in [0.15, 0.2) is 0 Å². The predicted octanol–water partition coefficient (Wildman–Crippen LogP) is 5.15. The van der Waals surface area contributed by atoms with Crippen molar-refractivity contribution in [2.24, 2.45) is 0 Å². The lowest BCUT2D eigenvalue weighted by Crippen LogP contribution is -2.45. The number of hydrogen-bond donors (Lipinski definition) is 2. The highest BCUT2D eigenvalue weighted by Crippen LogP contribution is 2.30. The van der Waals surface area contributed by atoms with Gasteiger partial charge in [0.2, 0.25) is 0 Å². The van der Waals surface area contributed by atoms with Crippen LogP contribution in [0.1, 0.15) is 46.0 Å². The van der Waals surface area contributed by atoms with E-state index in [1.165, 1.54) is 32.1 Å². The van der Waals surface area contributed by atoms with Gasteiger partial charge in [0.05, 0.1) is 35.6 Å². The smallest absolute Gasteiger partial charge is 0.126 e. The lowest BCUT2D eigenvalue weighted by Gasteiger charge is -2.36. The Labute approximate surface area is 183 Å². The van der Waals surface area contributed by atoms with Crippen molar-refractivity contribution in [1.29, 1.82) is 0 Å². The highest BCUT2D eigenvalue weighted by atomic mass is 35.5. The van der Waals surface area contributed by atoms with Gasteiger partial charge in [-0.05, 0) is 44.9 Å². The summed E-state index contributed by atoms with van der Waals surface area (Å²) in [4.78, 5) is 9.24. The van der Waals surface area contributed by atoms with Crippen molar-refractivity contribution in [2.75, 3.05) is 30.4 Å².